The first-order valence-corrected chi connectivity index (χ1v) is 7.24. The molecule has 2 heterocycles. The average molecular weight is 369 g/mol. The molecule has 22 heavy (non-hydrogen) atoms. The van der Waals surface area contributed by atoms with Crippen LogP contribution in [0.25, 0.3) is 0 Å². The second kappa shape index (κ2) is 5.31. The lowest BCUT2D eigenvalue weighted by Crippen LogP contribution is -2.39. The predicted molar refractivity (Wildman–Crippen MR) is 78.0 cm³/mol. The zero-order valence-corrected chi connectivity index (χ0v) is 13.0. The van der Waals surface area contributed by atoms with Crippen molar-refractivity contribution < 1.29 is 18.3 Å². The molecule has 1 amide bonds. The molecule has 0 spiro atoms. The van der Waals surface area contributed by atoms with E-state index in [1.165, 1.54) is 0 Å². The fraction of sp³-hybridized carbons (Fsp3) is 0.200. The number of halogens is 3. The Balaban J connectivity index is 2.13. The summed E-state index contributed by atoms with van der Waals surface area (Å²) in [4.78, 5) is 15.8. The molecule has 4 nitrogen and oxygen atoms in total. The molecule has 0 saturated carbocycles. The van der Waals surface area contributed by atoms with Crippen LogP contribution in [-0.4, -0.2) is 11.1 Å². The maximum Gasteiger partial charge on any atom is 0.408 e. The average Bonchev–Trinajstić information content (AvgIpc) is 2.78. The van der Waals surface area contributed by atoms with Gasteiger partial charge < -0.3 is 10.1 Å². The van der Waals surface area contributed by atoms with Crippen LogP contribution in [0.1, 0.15) is 24.2 Å². The molecule has 1 aliphatic heterocycles. The fourth-order valence-electron chi connectivity index (χ4n) is 2.54. The first-order chi connectivity index (χ1) is 10.4. The highest BCUT2D eigenvalue weighted by Crippen LogP contribution is 2.43. The second-order valence-corrected chi connectivity index (χ2v) is 6.09. The second-order valence-electron chi connectivity index (χ2n) is 5.17. The molecule has 0 aliphatic carbocycles. The highest BCUT2D eigenvalue weighted by molar-refractivity contribution is 9.10. The third kappa shape index (κ3) is 2.45. The molecule has 0 unspecified atom stereocenters. The Morgan fingerprint density at radius 3 is 2.82 bits per heavy atom. The number of benzene rings is 1. The van der Waals surface area contributed by atoms with Gasteiger partial charge in [-0.1, -0.05) is 0 Å². The van der Waals surface area contributed by atoms with E-state index in [2.05, 4.69) is 26.2 Å². The van der Waals surface area contributed by atoms with Crippen molar-refractivity contribution in [1.29, 1.82) is 0 Å². The van der Waals surface area contributed by atoms with Crippen LogP contribution in [-0.2, 0) is 10.3 Å². The van der Waals surface area contributed by atoms with Crippen molar-refractivity contribution >= 4 is 22.0 Å². The third-order valence-electron chi connectivity index (χ3n) is 3.66. The van der Waals surface area contributed by atoms with Gasteiger partial charge in [0.25, 0.3) is 0 Å². The van der Waals surface area contributed by atoms with Gasteiger partial charge in [-0.3, -0.25) is 4.98 Å². The van der Waals surface area contributed by atoms with Crippen LogP contribution in [0.15, 0.2) is 41.1 Å². The smallest absolute Gasteiger partial charge is 0.408 e. The summed E-state index contributed by atoms with van der Waals surface area (Å²) in [5.41, 5.74) is -0.482. The summed E-state index contributed by atoms with van der Waals surface area (Å²) in [6, 6.07) is 4.80. The number of carbonyl (C=O) groups is 1. The summed E-state index contributed by atoms with van der Waals surface area (Å²) in [7, 11) is 0. The van der Waals surface area contributed by atoms with Gasteiger partial charge in [-0.15, -0.1) is 0 Å². The van der Waals surface area contributed by atoms with Crippen LogP contribution in [0.3, 0.4) is 0 Å². The fourth-order valence-corrected chi connectivity index (χ4v) is 2.91. The Morgan fingerprint density at radius 2 is 2.09 bits per heavy atom. The van der Waals surface area contributed by atoms with Crippen LogP contribution in [0.2, 0.25) is 0 Å². The molecule has 0 radical (unpaired) electrons. The minimum absolute atomic E-state index is 0.0270. The number of hydrogen-bond donors (Lipinski definition) is 1. The molecule has 1 aromatic carbocycles. The summed E-state index contributed by atoms with van der Waals surface area (Å²) in [6.07, 6.45) is 1.43. The summed E-state index contributed by atoms with van der Waals surface area (Å²) in [6.45, 7) is 1.68. The van der Waals surface area contributed by atoms with Gasteiger partial charge in [0, 0.05) is 28.0 Å². The first kappa shape index (κ1) is 14.9. The zero-order valence-electron chi connectivity index (χ0n) is 11.4. The van der Waals surface area contributed by atoms with Gasteiger partial charge in [0.1, 0.15) is 17.2 Å². The Kier molecular flexibility index (Phi) is 3.60. The van der Waals surface area contributed by atoms with Crippen LogP contribution < -0.4 is 5.32 Å². The highest BCUT2D eigenvalue weighted by Gasteiger charge is 2.48. The van der Waals surface area contributed by atoms with Gasteiger partial charge in [-0.25, -0.2) is 13.6 Å². The van der Waals surface area contributed by atoms with E-state index in [0.717, 1.165) is 18.2 Å². The van der Waals surface area contributed by atoms with E-state index >= 15 is 0 Å². The Hall–Kier alpha value is -2.02. The minimum Gasteiger partial charge on any atom is -0.438 e. The number of cyclic esters (lactones) is 1. The molecule has 1 N–H and O–H groups in total. The van der Waals surface area contributed by atoms with E-state index in [4.69, 9.17) is 4.74 Å². The van der Waals surface area contributed by atoms with Crippen LogP contribution in [0.4, 0.5) is 13.6 Å². The lowest BCUT2D eigenvalue weighted by Gasteiger charge is -2.29. The van der Waals surface area contributed by atoms with E-state index in [1.54, 1.807) is 25.4 Å². The summed E-state index contributed by atoms with van der Waals surface area (Å²) >= 11 is 3.30. The Labute approximate surface area is 133 Å². The molecule has 114 valence electrons. The largest absolute Gasteiger partial charge is 0.438 e. The van der Waals surface area contributed by atoms with E-state index in [-0.39, 0.29) is 5.56 Å². The maximum absolute atomic E-state index is 14.1. The topological polar surface area (TPSA) is 51.2 Å². The number of carbonyl (C=O) groups excluding carboxylic acids is 1. The lowest BCUT2D eigenvalue weighted by atomic mass is 9.84. The third-order valence-corrected chi connectivity index (χ3v) is 4.09. The van der Waals surface area contributed by atoms with Gasteiger partial charge in [-0.05, 0) is 47.1 Å². The molecule has 1 saturated heterocycles. The van der Waals surface area contributed by atoms with Crippen molar-refractivity contribution in [2.24, 2.45) is 0 Å². The number of nitrogens with zero attached hydrogens (tertiary/aromatic N) is 1. The number of pyridine rings is 1. The van der Waals surface area contributed by atoms with Gasteiger partial charge in [-0.2, -0.15) is 0 Å². The van der Waals surface area contributed by atoms with E-state index in [9.17, 15) is 13.6 Å². The van der Waals surface area contributed by atoms with Gasteiger partial charge in [0.15, 0.2) is 6.10 Å². The van der Waals surface area contributed by atoms with Crippen molar-refractivity contribution in [2.75, 3.05) is 0 Å². The van der Waals surface area contributed by atoms with Crippen molar-refractivity contribution in [3.63, 3.8) is 0 Å². The van der Waals surface area contributed by atoms with Crippen LogP contribution >= 0.6 is 15.9 Å². The lowest BCUT2D eigenvalue weighted by molar-refractivity contribution is 0.109. The van der Waals surface area contributed by atoms with E-state index in [1.807, 2.05) is 0 Å². The SMILES string of the molecule is C[C@]1(c2cncc(Br)c2)NC(=O)O[C@@H]1c1cc(F)ccc1F. The number of nitrogens with one attached hydrogen (secondary N) is 1. The number of aromatic nitrogens is 1. The summed E-state index contributed by atoms with van der Waals surface area (Å²) in [5.74, 6) is -1.24. The van der Waals surface area contributed by atoms with Gasteiger partial charge >= 0.3 is 6.09 Å². The molecule has 1 aromatic heterocycles. The van der Waals surface area contributed by atoms with Crippen molar-refractivity contribution in [3.05, 3.63) is 63.9 Å². The number of rotatable bonds is 2. The molecule has 1 aliphatic rings. The minimum atomic E-state index is -1.07. The number of amides is 1. The normalized spacial score (nSPS) is 24.0. The van der Waals surface area contributed by atoms with Gasteiger partial charge in [0.05, 0.1) is 0 Å². The van der Waals surface area contributed by atoms with Crippen LogP contribution in [0.5, 0.6) is 0 Å². The first-order valence-electron chi connectivity index (χ1n) is 6.45. The predicted octanol–water partition coefficient (Wildman–Crippen LogP) is 3.82. The molecule has 2 aromatic rings. The molecule has 3 rings (SSSR count). The Morgan fingerprint density at radius 1 is 1.32 bits per heavy atom. The van der Waals surface area contributed by atoms with Crippen molar-refractivity contribution in [3.8, 4) is 0 Å². The summed E-state index contributed by atoms with van der Waals surface area (Å²) < 4.78 is 33.4. The van der Waals surface area contributed by atoms with E-state index in [0.29, 0.717) is 10.0 Å². The quantitative estimate of drug-likeness (QED) is 0.876. The van der Waals surface area contributed by atoms with Crippen LogP contribution in [0, 0.1) is 11.6 Å². The van der Waals surface area contributed by atoms with Crippen molar-refractivity contribution in [1.82, 2.24) is 10.3 Å². The number of alkyl carbamates (subject to hydrolysis) is 1. The molecule has 0 bridgehead atoms. The monoisotopic (exact) mass is 368 g/mol. The zero-order chi connectivity index (χ0) is 15.9. The molecule has 1 fully saturated rings. The summed E-state index contributed by atoms with van der Waals surface area (Å²) in [5, 5.41) is 2.66. The standard InChI is InChI=1S/C15H11BrF2N2O2/c1-15(8-4-9(16)7-19-6-8)13(22-14(21)20-15)11-5-10(17)2-3-12(11)18/h2-7,13H,1H3,(H,20,21)/t13-,15-/m1/s1. The highest BCUT2D eigenvalue weighted by atomic mass is 79.9. The maximum atomic E-state index is 14.1. The Bertz CT molecular complexity index is 756. The number of hydrogen-bond acceptors (Lipinski definition) is 3. The molecule has 7 heteroatoms. The number of ether oxygens (including phenoxy) is 1. The van der Waals surface area contributed by atoms with Gasteiger partial charge in [0.2, 0.25) is 0 Å². The molecular formula is C15H11BrF2N2O2. The van der Waals surface area contributed by atoms with E-state index < -0.39 is 29.4 Å². The molecular weight excluding hydrogens is 358 g/mol. The van der Waals surface area contributed by atoms with Crippen molar-refractivity contribution in [2.45, 2.75) is 18.6 Å². The molecule has 2 atom stereocenters.